The second-order valence-corrected chi connectivity index (χ2v) is 15.3. The highest BCUT2D eigenvalue weighted by molar-refractivity contribution is 6.09. The van der Waals surface area contributed by atoms with Crippen LogP contribution in [0, 0.1) is 11.8 Å². The van der Waals surface area contributed by atoms with Crippen LogP contribution in [0.3, 0.4) is 0 Å². The fraction of sp³-hybridized carbons (Fsp3) is 0.381. The number of rotatable bonds is 12. The maximum Gasteiger partial charge on any atom is 0.229 e. The number of ether oxygens (including phenoxy) is 4. The Balaban J connectivity index is 1.35. The topological polar surface area (TPSA) is 354 Å². The van der Waals surface area contributed by atoms with E-state index in [4.69, 9.17) is 18.9 Å². The summed E-state index contributed by atoms with van der Waals surface area (Å²) in [7, 11) is 0. The van der Waals surface area contributed by atoms with Crippen molar-refractivity contribution in [1.82, 2.24) is 0 Å². The van der Waals surface area contributed by atoms with Crippen molar-refractivity contribution in [3.8, 4) is 46.0 Å². The Kier molecular flexibility index (Phi) is 12.5. The molecule has 10 atom stereocenters. The molecule has 3 fully saturated rings. The average molecular weight is 869 g/mol. The number of carbonyl (C=O) groups is 2. The Labute approximate surface area is 350 Å². The van der Waals surface area contributed by atoms with Crippen molar-refractivity contribution in [2.24, 2.45) is 11.8 Å². The lowest BCUT2D eigenvalue weighted by Gasteiger charge is -2.51. The van der Waals surface area contributed by atoms with Crippen molar-refractivity contribution >= 4 is 11.6 Å². The number of hydrogen-bond donors (Lipinski definition) is 14. The maximum absolute atomic E-state index is 15.2. The Morgan fingerprint density at radius 1 is 0.468 bits per heavy atom. The van der Waals surface area contributed by atoms with Crippen molar-refractivity contribution in [2.45, 2.75) is 73.2 Å². The Morgan fingerprint density at radius 3 is 1.13 bits per heavy atom. The van der Waals surface area contributed by atoms with Gasteiger partial charge in [-0.2, -0.15) is 0 Å². The number of carbonyl (C=O) groups excluding carboxylic acids is 2. The number of aromatic hydroxyl groups is 6. The first-order chi connectivity index (χ1) is 29.4. The Morgan fingerprint density at radius 2 is 0.806 bits per heavy atom. The minimum absolute atomic E-state index is 0.202. The van der Waals surface area contributed by atoms with Gasteiger partial charge in [-0.1, -0.05) is 24.3 Å². The molecule has 0 aromatic heterocycles. The highest BCUT2D eigenvalue weighted by atomic mass is 16.7. The van der Waals surface area contributed by atoms with Gasteiger partial charge in [0.25, 0.3) is 0 Å². The molecule has 20 heteroatoms. The van der Waals surface area contributed by atoms with E-state index in [9.17, 15) is 71.5 Å². The summed E-state index contributed by atoms with van der Waals surface area (Å²) in [5.74, 6) is -11.8. The molecule has 2 heterocycles. The fourth-order valence-electron chi connectivity index (χ4n) is 8.39. The van der Waals surface area contributed by atoms with E-state index in [0.717, 1.165) is 24.3 Å². The van der Waals surface area contributed by atoms with Gasteiger partial charge in [0.15, 0.2) is 11.6 Å². The molecule has 0 unspecified atom stereocenters. The molecule has 3 aliphatic rings. The third-order valence-electron chi connectivity index (χ3n) is 11.5. The summed E-state index contributed by atoms with van der Waals surface area (Å²) < 4.78 is 22.5. The summed E-state index contributed by atoms with van der Waals surface area (Å²) >= 11 is 0. The molecule has 332 valence electrons. The van der Waals surface area contributed by atoms with E-state index in [-0.39, 0.29) is 22.6 Å². The quantitative estimate of drug-likeness (QED) is 0.0772. The van der Waals surface area contributed by atoms with Crippen LogP contribution < -0.4 is 9.47 Å². The molecular formula is C42H44O20. The minimum atomic E-state index is -1.99. The largest absolute Gasteiger partial charge is 0.508 e. The molecule has 2 saturated heterocycles. The predicted octanol–water partition coefficient (Wildman–Crippen LogP) is -0.843. The van der Waals surface area contributed by atoms with Crippen LogP contribution >= 0.6 is 0 Å². The molecule has 62 heavy (non-hydrogen) atoms. The van der Waals surface area contributed by atoms with Crippen LogP contribution in [0.15, 0.2) is 72.8 Å². The summed E-state index contributed by atoms with van der Waals surface area (Å²) in [5.41, 5.74) is -0.748. The van der Waals surface area contributed by atoms with E-state index < -0.39 is 155 Å². The van der Waals surface area contributed by atoms with Crippen LogP contribution in [0.5, 0.6) is 46.0 Å². The molecule has 0 bridgehead atoms. The average Bonchev–Trinajstić information content (AvgIpc) is 3.21. The molecular weight excluding hydrogens is 824 g/mol. The van der Waals surface area contributed by atoms with Gasteiger partial charge in [-0.3, -0.25) is 9.59 Å². The summed E-state index contributed by atoms with van der Waals surface area (Å²) in [6, 6.07) is 14.1. The number of hydrogen-bond acceptors (Lipinski definition) is 20. The van der Waals surface area contributed by atoms with E-state index in [1.807, 2.05) is 0 Å². The van der Waals surface area contributed by atoms with Gasteiger partial charge in [0.05, 0.1) is 13.2 Å². The third-order valence-corrected chi connectivity index (χ3v) is 11.5. The van der Waals surface area contributed by atoms with Crippen LogP contribution in [-0.2, 0) is 9.47 Å². The lowest BCUT2D eigenvalue weighted by molar-refractivity contribution is -0.277. The first-order valence-electron chi connectivity index (χ1n) is 19.2. The molecule has 0 amide bonds. The van der Waals surface area contributed by atoms with Gasteiger partial charge in [0, 0.05) is 47.9 Å². The van der Waals surface area contributed by atoms with E-state index >= 15 is 9.59 Å². The highest BCUT2D eigenvalue weighted by Gasteiger charge is 2.59. The third kappa shape index (κ3) is 8.04. The number of phenolic OH excluding ortho intramolecular Hbond substituents is 6. The maximum atomic E-state index is 15.2. The number of aliphatic hydroxyl groups excluding tert-OH is 8. The van der Waals surface area contributed by atoms with Gasteiger partial charge in [0.2, 0.25) is 12.6 Å². The van der Waals surface area contributed by atoms with Crippen LogP contribution in [0.2, 0.25) is 0 Å². The zero-order valence-corrected chi connectivity index (χ0v) is 32.1. The lowest BCUT2D eigenvalue weighted by Crippen LogP contribution is -2.60. The summed E-state index contributed by atoms with van der Waals surface area (Å²) in [6.07, 6.45) is -18.1. The van der Waals surface area contributed by atoms with Crippen molar-refractivity contribution < 1.29 is 100 Å². The molecule has 14 N–H and O–H groups in total. The summed E-state index contributed by atoms with van der Waals surface area (Å²) in [6.45, 7) is -1.68. The normalized spacial score (nSPS) is 32.1. The molecule has 4 aromatic carbocycles. The molecule has 0 spiro atoms. The van der Waals surface area contributed by atoms with Crippen molar-refractivity contribution in [3.63, 3.8) is 0 Å². The fourth-order valence-corrected chi connectivity index (χ4v) is 8.39. The standard InChI is InChI=1S/C42H44O20/c43-13-25-33(51)37(55)39(57)41(61-25)59-23-11-19(47)9-21(49)29(23)35(53)31-27(15-1-5-17(45)6-2-15)32(28(31)16-3-7-18(46)8-4-16)36(54)30-22(50)10-20(48)12-24(30)60-42-40(58)38(56)34(52)26(14-44)62-42/h1-12,25-28,31-34,37-52,55-58H,13-14H2/t25-,26-,27?,28?,31?,32?,33-,34-,37+,38+,39-,40-,41-,42-/m1/s1. The van der Waals surface area contributed by atoms with E-state index in [0.29, 0.717) is 0 Å². The number of Topliss-reactive ketones (excluding diaryl/α,β-unsaturated/α-hetero) is 2. The van der Waals surface area contributed by atoms with Crippen molar-refractivity contribution in [1.29, 1.82) is 0 Å². The van der Waals surface area contributed by atoms with Crippen LogP contribution in [0.1, 0.15) is 43.7 Å². The van der Waals surface area contributed by atoms with E-state index in [1.54, 1.807) is 0 Å². The van der Waals surface area contributed by atoms with Gasteiger partial charge in [-0.15, -0.1) is 0 Å². The highest BCUT2D eigenvalue weighted by Crippen LogP contribution is 2.61. The molecule has 20 nitrogen and oxygen atoms in total. The lowest BCUT2D eigenvalue weighted by atomic mass is 9.49. The van der Waals surface area contributed by atoms with Gasteiger partial charge >= 0.3 is 0 Å². The van der Waals surface area contributed by atoms with Crippen molar-refractivity contribution in [2.75, 3.05) is 13.2 Å². The van der Waals surface area contributed by atoms with Crippen molar-refractivity contribution in [3.05, 3.63) is 95.1 Å². The van der Waals surface area contributed by atoms with Gasteiger partial charge < -0.3 is 90.4 Å². The molecule has 4 aromatic rings. The molecule has 7 rings (SSSR count). The number of phenols is 6. The Hall–Kier alpha value is -5.78. The first kappa shape index (κ1) is 44.3. The molecule has 1 aliphatic carbocycles. The van der Waals surface area contributed by atoms with E-state index in [2.05, 4.69) is 0 Å². The number of benzene rings is 4. The zero-order chi connectivity index (χ0) is 44.9. The van der Waals surface area contributed by atoms with Crippen LogP contribution in [0.25, 0.3) is 0 Å². The zero-order valence-electron chi connectivity index (χ0n) is 32.1. The number of aliphatic hydroxyl groups is 8. The minimum Gasteiger partial charge on any atom is -0.508 e. The predicted molar refractivity (Wildman–Crippen MR) is 206 cm³/mol. The molecule has 0 radical (unpaired) electrons. The SMILES string of the molecule is O=C(c1c(O)cc(O)cc1O[C@@H]1O[C@H](CO)[C@@H](O)[C@H](O)[C@H]1O)C1C(c2ccc(O)cc2)C(C(=O)c2c(O)cc(O)cc2O[C@@H]2O[C@H](CO)[C@@H](O)[C@H](O)[C@H]2O)C1c1ccc(O)cc1. The second kappa shape index (κ2) is 17.5. The molecule has 1 saturated carbocycles. The van der Waals surface area contributed by atoms with Crippen LogP contribution in [0.4, 0.5) is 0 Å². The number of ketones is 2. The summed E-state index contributed by atoms with van der Waals surface area (Å²) in [4.78, 5) is 30.3. The van der Waals surface area contributed by atoms with Gasteiger partial charge in [-0.05, 0) is 35.4 Å². The first-order valence-corrected chi connectivity index (χ1v) is 19.2. The van der Waals surface area contributed by atoms with Gasteiger partial charge in [-0.25, -0.2) is 0 Å². The van der Waals surface area contributed by atoms with E-state index in [1.165, 1.54) is 48.5 Å². The second-order valence-electron chi connectivity index (χ2n) is 15.3. The smallest absolute Gasteiger partial charge is 0.229 e. The monoisotopic (exact) mass is 868 g/mol. The molecule has 2 aliphatic heterocycles. The van der Waals surface area contributed by atoms with Gasteiger partial charge in [0.1, 0.15) is 106 Å². The van der Waals surface area contributed by atoms with Crippen LogP contribution in [-0.4, -0.2) is 158 Å². The Bertz CT molecular complexity index is 2100. The summed E-state index contributed by atoms with van der Waals surface area (Å²) in [5, 5.41) is 146.